The Balaban J connectivity index is 1.52. The molecule has 4 heteroatoms. The highest BCUT2D eigenvalue weighted by molar-refractivity contribution is 5.17. The van der Waals surface area contributed by atoms with Crippen molar-refractivity contribution < 1.29 is 5.11 Å². The van der Waals surface area contributed by atoms with E-state index >= 15 is 0 Å². The Kier molecular flexibility index (Phi) is 5.39. The van der Waals surface area contributed by atoms with Gasteiger partial charge in [0.2, 0.25) is 0 Å². The zero-order valence-corrected chi connectivity index (χ0v) is 13.7. The number of pyridine rings is 1. The second-order valence-corrected chi connectivity index (χ2v) is 6.37. The molecule has 1 aliphatic heterocycles. The molecule has 4 nitrogen and oxygen atoms in total. The molecule has 0 radical (unpaired) electrons. The van der Waals surface area contributed by atoms with E-state index < -0.39 is 6.10 Å². The summed E-state index contributed by atoms with van der Waals surface area (Å²) < 4.78 is 0. The van der Waals surface area contributed by atoms with Crippen molar-refractivity contribution in [2.45, 2.75) is 25.6 Å². The van der Waals surface area contributed by atoms with E-state index in [1.54, 1.807) is 0 Å². The summed E-state index contributed by atoms with van der Waals surface area (Å²) in [6.07, 6.45) is 3.34. The number of hydrogen-bond donors (Lipinski definition) is 1. The summed E-state index contributed by atoms with van der Waals surface area (Å²) in [7, 11) is 0. The maximum Gasteiger partial charge on any atom is 0.0917 e. The fourth-order valence-electron chi connectivity index (χ4n) is 3.24. The normalized spacial score (nSPS) is 21.2. The van der Waals surface area contributed by atoms with Crippen molar-refractivity contribution >= 4 is 0 Å². The van der Waals surface area contributed by atoms with Crippen LogP contribution < -0.4 is 0 Å². The van der Waals surface area contributed by atoms with Gasteiger partial charge in [0.1, 0.15) is 0 Å². The summed E-state index contributed by atoms with van der Waals surface area (Å²) >= 11 is 0. The van der Waals surface area contributed by atoms with E-state index in [2.05, 4.69) is 27.8 Å². The average Bonchev–Trinajstić information content (AvgIpc) is 2.59. The minimum Gasteiger partial charge on any atom is -0.387 e. The molecule has 1 fully saturated rings. The summed E-state index contributed by atoms with van der Waals surface area (Å²) in [6.45, 7) is 6.94. The number of rotatable bonds is 5. The van der Waals surface area contributed by atoms with Crippen LogP contribution in [0.4, 0.5) is 0 Å². The van der Waals surface area contributed by atoms with Crippen LogP contribution >= 0.6 is 0 Å². The summed E-state index contributed by atoms with van der Waals surface area (Å²) in [6, 6.07) is 14.5. The Morgan fingerprint density at radius 1 is 1.17 bits per heavy atom. The molecule has 1 aromatic carbocycles. The predicted octanol–water partition coefficient (Wildman–Crippen LogP) is 2.32. The molecule has 122 valence electrons. The molecule has 0 spiro atoms. The molecule has 1 saturated heterocycles. The fourth-order valence-corrected chi connectivity index (χ4v) is 3.24. The van der Waals surface area contributed by atoms with Crippen molar-refractivity contribution in [3.05, 3.63) is 66.0 Å². The van der Waals surface area contributed by atoms with E-state index in [1.807, 2.05) is 48.8 Å². The summed E-state index contributed by atoms with van der Waals surface area (Å²) in [4.78, 5) is 9.04. The molecule has 1 N–H and O–H groups in total. The van der Waals surface area contributed by atoms with Crippen LogP contribution in [0.3, 0.4) is 0 Å². The van der Waals surface area contributed by atoms with Gasteiger partial charge in [-0.3, -0.25) is 14.8 Å². The topological polar surface area (TPSA) is 39.6 Å². The molecule has 3 rings (SSSR count). The number of aliphatic hydroxyl groups excluding tert-OH is 1. The van der Waals surface area contributed by atoms with Crippen LogP contribution in [0.1, 0.15) is 24.2 Å². The van der Waals surface area contributed by atoms with Crippen molar-refractivity contribution in [1.82, 2.24) is 14.8 Å². The van der Waals surface area contributed by atoms with E-state index in [1.165, 1.54) is 5.56 Å². The molecule has 0 saturated carbocycles. The zero-order chi connectivity index (χ0) is 16.1. The van der Waals surface area contributed by atoms with Gasteiger partial charge in [0.05, 0.1) is 6.10 Å². The molecular formula is C19H25N3O. The van der Waals surface area contributed by atoms with Gasteiger partial charge in [0.25, 0.3) is 0 Å². The lowest BCUT2D eigenvalue weighted by molar-refractivity contribution is 0.0362. The first-order chi connectivity index (χ1) is 11.2. The molecule has 1 aromatic heterocycles. The number of aromatic nitrogens is 1. The van der Waals surface area contributed by atoms with Gasteiger partial charge in [0.15, 0.2) is 0 Å². The van der Waals surface area contributed by atoms with Crippen molar-refractivity contribution in [3.63, 3.8) is 0 Å². The van der Waals surface area contributed by atoms with E-state index in [0.29, 0.717) is 12.6 Å². The van der Waals surface area contributed by atoms with Crippen LogP contribution in [-0.4, -0.2) is 52.1 Å². The van der Waals surface area contributed by atoms with Crippen LogP contribution in [0.15, 0.2) is 54.9 Å². The maximum atomic E-state index is 10.4. The average molecular weight is 311 g/mol. The second kappa shape index (κ2) is 7.68. The van der Waals surface area contributed by atoms with Gasteiger partial charge in [-0.1, -0.05) is 36.4 Å². The van der Waals surface area contributed by atoms with E-state index in [9.17, 15) is 5.11 Å². The van der Waals surface area contributed by atoms with Crippen LogP contribution in [0.25, 0.3) is 0 Å². The minimum atomic E-state index is -0.413. The Bertz CT molecular complexity index is 590. The molecule has 2 atom stereocenters. The standard InChI is InChI=1S/C19H25N3O/c1-16-13-21(14-17-6-5-9-20-12-17)10-11-22(16)15-19(23)18-7-3-2-4-8-18/h2-9,12,16,19,23H,10-11,13-15H2,1H3. The summed E-state index contributed by atoms with van der Waals surface area (Å²) in [5.74, 6) is 0. The number of piperazine rings is 1. The van der Waals surface area contributed by atoms with Crippen molar-refractivity contribution in [2.75, 3.05) is 26.2 Å². The Morgan fingerprint density at radius 2 is 2.00 bits per heavy atom. The highest BCUT2D eigenvalue weighted by Gasteiger charge is 2.25. The van der Waals surface area contributed by atoms with Gasteiger partial charge in [-0.25, -0.2) is 0 Å². The van der Waals surface area contributed by atoms with Crippen molar-refractivity contribution in [2.24, 2.45) is 0 Å². The molecule has 0 bridgehead atoms. The number of nitrogens with zero attached hydrogens (tertiary/aromatic N) is 3. The fraction of sp³-hybridized carbons (Fsp3) is 0.421. The van der Waals surface area contributed by atoms with Gasteiger partial charge < -0.3 is 5.11 Å². The first-order valence-corrected chi connectivity index (χ1v) is 8.30. The number of hydrogen-bond acceptors (Lipinski definition) is 4. The SMILES string of the molecule is CC1CN(Cc2cccnc2)CCN1CC(O)c1ccccc1. The highest BCUT2D eigenvalue weighted by Crippen LogP contribution is 2.18. The molecule has 23 heavy (non-hydrogen) atoms. The third-order valence-corrected chi connectivity index (χ3v) is 4.57. The van der Waals surface area contributed by atoms with Gasteiger partial charge in [0, 0.05) is 51.2 Å². The Morgan fingerprint density at radius 3 is 2.70 bits per heavy atom. The van der Waals surface area contributed by atoms with Gasteiger partial charge in [-0.15, -0.1) is 0 Å². The van der Waals surface area contributed by atoms with Crippen LogP contribution in [0.2, 0.25) is 0 Å². The molecule has 2 unspecified atom stereocenters. The zero-order valence-electron chi connectivity index (χ0n) is 13.7. The Hall–Kier alpha value is -1.75. The predicted molar refractivity (Wildman–Crippen MR) is 92.0 cm³/mol. The summed E-state index contributed by atoms with van der Waals surface area (Å²) in [5, 5.41) is 10.4. The first kappa shape index (κ1) is 16.1. The van der Waals surface area contributed by atoms with E-state index in [0.717, 1.165) is 31.7 Å². The molecule has 0 aliphatic carbocycles. The molecule has 0 amide bonds. The van der Waals surface area contributed by atoms with E-state index in [4.69, 9.17) is 0 Å². The molecule has 1 aliphatic rings. The third-order valence-electron chi connectivity index (χ3n) is 4.57. The number of β-amino-alcohol motifs (C(OH)–C–C–N with tert-alkyl or cyclic N) is 1. The van der Waals surface area contributed by atoms with Crippen molar-refractivity contribution in [3.8, 4) is 0 Å². The van der Waals surface area contributed by atoms with Crippen LogP contribution in [0, 0.1) is 0 Å². The second-order valence-electron chi connectivity index (χ2n) is 6.37. The van der Waals surface area contributed by atoms with Gasteiger partial charge >= 0.3 is 0 Å². The molecule has 2 aromatic rings. The lowest BCUT2D eigenvalue weighted by atomic mass is 10.1. The monoisotopic (exact) mass is 311 g/mol. The van der Waals surface area contributed by atoms with Crippen LogP contribution in [-0.2, 0) is 6.54 Å². The smallest absolute Gasteiger partial charge is 0.0917 e. The largest absolute Gasteiger partial charge is 0.387 e. The highest BCUT2D eigenvalue weighted by atomic mass is 16.3. The van der Waals surface area contributed by atoms with Crippen LogP contribution in [0.5, 0.6) is 0 Å². The Labute approximate surface area is 138 Å². The number of aliphatic hydroxyl groups is 1. The quantitative estimate of drug-likeness (QED) is 0.920. The first-order valence-electron chi connectivity index (χ1n) is 8.30. The van der Waals surface area contributed by atoms with E-state index in [-0.39, 0.29) is 0 Å². The lowest BCUT2D eigenvalue weighted by Gasteiger charge is -2.40. The summed E-state index contributed by atoms with van der Waals surface area (Å²) in [5.41, 5.74) is 2.26. The van der Waals surface area contributed by atoms with Gasteiger partial charge in [-0.2, -0.15) is 0 Å². The van der Waals surface area contributed by atoms with Crippen molar-refractivity contribution in [1.29, 1.82) is 0 Å². The minimum absolute atomic E-state index is 0.413. The molecule has 2 heterocycles. The molecular weight excluding hydrogens is 286 g/mol. The van der Waals surface area contributed by atoms with Gasteiger partial charge in [-0.05, 0) is 24.1 Å². The lowest BCUT2D eigenvalue weighted by Crippen LogP contribution is -2.52. The number of benzene rings is 1. The third kappa shape index (κ3) is 4.38. The maximum absolute atomic E-state index is 10.4.